The number of hydrogen-bond acceptors (Lipinski definition) is 2. The Hall–Kier alpha value is 0.360. The fourth-order valence-corrected chi connectivity index (χ4v) is 0. The standard InChI is InChI=1S/Ag.NO2S/c;1-4(2)3/q+1;-1. The van der Waals surface area contributed by atoms with Crippen LogP contribution in [0.3, 0.4) is 0 Å². The SMILES string of the molecule is [Ag+].[N-]=S(=O)=O. The summed E-state index contributed by atoms with van der Waals surface area (Å²) in [5, 5.41) is 0. The zero-order chi connectivity index (χ0) is 3.58. The molecular formula is AgNO2S. The van der Waals surface area contributed by atoms with E-state index in [1.165, 1.54) is 0 Å². The topological polar surface area (TPSA) is 56.4 Å². The van der Waals surface area contributed by atoms with Crippen molar-refractivity contribution in [3.05, 3.63) is 4.78 Å². The average Bonchev–Trinajstić information content (AvgIpc) is 0.811. The average molecular weight is 186 g/mol. The Balaban J connectivity index is 0. The Morgan fingerprint density at radius 1 is 1.40 bits per heavy atom. The molecule has 0 aliphatic carbocycles. The summed E-state index contributed by atoms with van der Waals surface area (Å²) in [6.07, 6.45) is 0. The number of nitrogens with zero attached hydrogens (tertiary/aromatic N) is 1. The van der Waals surface area contributed by atoms with Crippen molar-refractivity contribution in [2.45, 2.75) is 0 Å². The van der Waals surface area contributed by atoms with E-state index < -0.39 is 10.5 Å². The molecule has 0 spiro atoms. The van der Waals surface area contributed by atoms with Crippen molar-refractivity contribution in [3.63, 3.8) is 0 Å². The van der Waals surface area contributed by atoms with Crippen LogP contribution in [0.15, 0.2) is 0 Å². The summed E-state index contributed by atoms with van der Waals surface area (Å²) >= 11 is 0. The maximum absolute atomic E-state index is 8.56. The zero-order valence-electron chi connectivity index (χ0n) is 1.97. The maximum atomic E-state index is 8.56. The second kappa shape index (κ2) is 4.36. The van der Waals surface area contributed by atoms with Gasteiger partial charge in [0.2, 0.25) is 0 Å². The first kappa shape index (κ1) is 9.03. The van der Waals surface area contributed by atoms with Crippen molar-refractivity contribution in [1.82, 2.24) is 0 Å². The third-order valence-electron chi connectivity index (χ3n) is 0. The minimum atomic E-state index is -2.86. The summed E-state index contributed by atoms with van der Waals surface area (Å²) in [4.78, 5) is 0. The van der Waals surface area contributed by atoms with Gasteiger partial charge in [-0.2, -0.15) is 0 Å². The van der Waals surface area contributed by atoms with Crippen LogP contribution in [-0.4, -0.2) is 8.42 Å². The molecule has 0 amide bonds. The molecule has 0 aromatic carbocycles. The van der Waals surface area contributed by atoms with E-state index in [1.54, 1.807) is 0 Å². The first-order valence-electron chi connectivity index (χ1n) is 0.516. The molecule has 0 unspecified atom stereocenters. The monoisotopic (exact) mass is 185 g/mol. The quantitative estimate of drug-likeness (QED) is 0.484. The van der Waals surface area contributed by atoms with Gasteiger partial charge in [0.15, 0.2) is 0 Å². The van der Waals surface area contributed by atoms with Gasteiger partial charge in [-0.1, -0.05) is 0 Å². The Morgan fingerprint density at radius 2 is 1.40 bits per heavy atom. The van der Waals surface area contributed by atoms with Crippen LogP contribution in [0.4, 0.5) is 0 Å². The fraction of sp³-hybridized carbons (Fsp3) is 0. The van der Waals surface area contributed by atoms with Crippen LogP contribution in [0, 0.1) is 0 Å². The molecule has 0 heterocycles. The largest absolute Gasteiger partial charge is 1.00 e. The van der Waals surface area contributed by atoms with Gasteiger partial charge in [0.05, 0.1) is 0 Å². The minimum Gasteiger partial charge on any atom is -0.686 e. The number of hydrogen-bond donors (Lipinski definition) is 0. The summed E-state index contributed by atoms with van der Waals surface area (Å²) in [7, 11) is -2.86. The molecule has 34 valence electrons. The van der Waals surface area contributed by atoms with E-state index in [1.807, 2.05) is 0 Å². The molecule has 5 heavy (non-hydrogen) atoms. The molecule has 0 saturated heterocycles. The Bertz CT molecular complexity index is 79.0. The predicted octanol–water partition coefficient (Wildman–Crippen LogP) is -0.384. The molecule has 0 bridgehead atoms. The van der Waals surface area contributed by atoms with E-state index in [0.29, 0.717) is 0 Å². The molecule has 0 aliphatic rings. The Morgan fingerprint density at radius 3 is 1.40 bits per heavy atom. The van der Waals surface area contributed by atoms with Crippen LogP contribution < -0.4 is 0 Å². The van der Waals surface area contributed by atoms with Crippen LogP contribution in [-0.2, 0) is 32.9 Å². The van der Waals surface area contributed by atoms with Crippen LogP contribution in [0.1, 0.15) is 0 Å². The second-order valence-electron chi connectivity index (χ2n) is 0.217. The normalized spacial score (nSPS) is 4.80. The zero-order valence-corrected chi connectivity index (χ0v) is 4.27. The molecule has 0 aliphatic heterocycles. The van der Waals surface area contributed by atoms with E-state index in [2.05, 4.69) is 0 Å². The molecule has 0 atom stereocenters. The van der Waals surface area contributed by atoms with E-state index in [0.717, 1.165) is 0 Å². The summed E-state index contributed by atoms with van der Waals surface area (Å²) in [5.41, 5.74) is 0. The minimum absolute atomic E-state index is 0. The molecule has 0 fully saturated rings. The van der Waals surface area contributed by atoms with Gasteiger partial charge in [-0.3, -0.25) is 0 Å². The molecule has 0 saturated carbocycles. The van der Waals surface area contributed by atoms with Crippen molar-refractivity contribution >= 4 is 10.5 Å². The molecule has 0 rings (SSSR count). The summed E-state index contributed by atoms with van der Waals surface area (Å²) < 4.78 is 24.1. The number of rotatable bonds is 0. The third kappa shape index (κ3) is 187. The molecule has 0 N–H and O–H groups in total. The van der Waals surface area contributed by atoms with Crippen LogP contribution in [0.25, 0.3) is 4.78 Å². The molecule has 0 radical (unpaired) electrons. The van der Waals surface area contributed by atoms with Gasteiger partial charge in [-0.15, -0.1) is 0 Å². The second-order valence-corrected chi connectivity index (χ2v) is 0.651. The summed E-state index contributed by atoms with van der Waals surface area (Å²) in [6.45, 7) is 0. The van der Waals surface area contributed by atoms with E-state index >= 15 is 0 Å². The summed E-state index contributed by atoms with van der Waals surface area (Å²) in [5.74, 6) is 0. The van der Waals surface area contributed by atoms with E-state index in [9.17, 15) is 0 Å². The molecule has 0 aromatic rings. The van der Waals surface area contributed by atoms with Crippen molar-refractivity contribution in [1.29, 1.82) is 0 Å². The van der Waals surface area contributed by atoms with Gasteiger partial charge < -0.3 is 4.78 Å². The summed E-state index contributed by atoms with van der Waals surface area (Å²) in [6, 6.07) is 0. The van der Waals surface area contributed by atoms with Crippen molar-refractivity contribution < 1.29 is 30.8 Å². The smallest absolute Gasteiger partial charge is 0.686 e. The van der Waals surface area contributed by atoms with Crippen LogP contribution in [0.2, 0.25) is 0 Å². The van der Waals surface area contributed by atoms with Gasteiger partial charge in [0, 0.05) is 0 Å². The van der Waals surface area contributed by atoms with Gasteiger partial charge >= 0.3 is 22.4 Å². The Labute approximate surface area is 46.4 Å². The molecule has 3 nitrogen and oxygen atoms in total. The first-order valence-corrected chi connectivity index (χ1v) is 1.55. The van der Waals surface area contributed by atoms with Gasteiger partial charge in [-0.05, 0) is 0 Å². The van der Waals surface area contributed by atoms with Crippen molar-refractivity contribution in [3.8, 4) is 0 Å². The molecule has 0 aromatic heterocycles. The van der Waals surface area contributed by atoms with Gasteiger partial charge in [0.1, 0.15) is 10.5 Å². The molecular weight excluding hydrogens is 186 g/mol. The maximum Gasteiger partial charge on any atom is 1.00 e. The first-order chi connectivity index (χ1) is 1.73. The third-order valence-corrected chi connectivity index (χ3v) is 0. The van der Waals surface area contributed by atoms with Crippen LogP contribution >= 0.6 is 0 Å². The van der Waals surface area contributed by atoms with Crippen molar-refractivity contribution in [2.24, 2.45) is 0 Å². The van der Waals surface area contributed by atoms with E-state index in [4.69, 9.17) is 13.2 Å². The van der Waals surface area contributed by atoms with Gasteiger partial charge in [-0.25, -0.2) is 8.42 Å². The predicted molar refractivity (Wildman–Crippen MR) is 12.3 cm³/mol. The Kier molecular flexibility index (Phi) is 7.87. The van der Waals surface area contributed by atoms with Crippen molar-refractivity contribution in [2.75, 3.05) is 0 Å². The fourth-order valence-electron chi connectivity index (χ4n) is 0. The van der Waals surface area contributed by atoms with E-state index in [-0.39, 0.29) is 22.4 Å². The van der Waals surface area contributed by atoms with Crippen LogP contribution in [0.5, 0.6) is 0 Å². The molecule has 5 heteroatoms. The van der Waals surface area contributed by atoms with Gasteiger partial charge in [0.25, 0.3) is 0 Å².